The summed E-state index contributed by atoms with van der Waals surface area (Å²) in [5.41, 5.74) is -0.949. The fraction of sp³-hybridized carbons (Fsp3) is 0.471. The van der Waals surface area contributed by atoms with Crippen molar-refractivity contribution < 1.29 is 22.6 Å². The number of aromatic nitrogens is 3. The molecule has 2 saturated heterocycles. The average Bonchev–Trinajstić information content (AvgIpc) is 3.09. The summed E-state index contributed by atoms with van der Waals surface area (Å²) in [7, 11) is 0. The van der Waals surface area contributed by atoms with E-state index in [4.69, 9.17) is 9.47 Å². The summed E-state index contributed by atoms with van der Waals surface area (Å²) in [6, 6.07) is 4.18. The van der Waals surface area contributed by atoms with Gasteiger partial charge in [0, 0.05) is 43.6 Å². The minimum atomic E-state index is -4.56. The second-order valence-corrected chi connectivity index (χ2v) is 6.42. The van der Waals surface area contributed by atoms with Gasteiger partial charge in [-0.1, -0.05) is 0 Å². The highest BCUT2D eigenvalue weighted by molar-refractivity contribution is 5.57. The van der Waals surface area contributed by atoms with Gasteiger partial charge in [-0.05, 0) is 12.1 Å². The molecule has 2 fully saturated rings. The summed E-state index contributed by atoms with van der Waals surface area (Å²) in [6.07, 6.45) is -0.839. The van der Waals surface area contributed by atoms with E-state index < -0.39 is 17.5 Å². The molecule has 9 heteroatoms. The van der Waals surface area contributed by atoms with Gasteiger partial charge in [-0.15, -0.1) is 0 Å². The molecule has 4 rings (SSSR count). The van der Waals surface area contributed by atoms with Crippen LogP contribution in [0.2, 0.25) is 0 Å². The van der Waals surface area contributed by atoms with Crippen LogP contribution in [-0.2, 0) is 15.7 Å². The van der Waals surface area contributed by atoms with Crippen molar-refractivity contribution in [2.24, 2.45) is 0 Å². The average molecular weight is 366 g/mol. The number of hydrogen-bond acceptors (Lipinski definition) is 6. The zero-order valence-electron chi connectivity index (χ0n) is 13.9. The summed E-state index contributed by atoms with van der Waals surface area (Å²) in [5.74, 6) is 0.272. The summed E-state index contributed by atoms with van der Waals surface area (Å²) < 4.78 is 51.3. The standard InChI is InChI=1S/C17H17F3N4O2/c18-17(19,20)13-9-14(23-15(22-13)12-1-4-21-5-2-12)24-6-8-26-16(10-24)3-7-25-11-16/h1-2,4-5,9H,3,6-8,10-11H2. The van der Waals surface area contributed by atoms with Crippen molar-refractivity contribution in [2.45, 2.75) is 18.2 Å². The van der Waals surface area contributed by atoms with Crippen molar-refractivity contribution in [1.82, 2.24) is 15.0 Å². The topological polar surface area (TPSA) is 60.4 Å². The van der Waals surface area contributed by atoms with Gasteiger partial charge in [-0.3, -0.25) is 4.98 Å². The minimum absolute atomic E-state index is 0.0282. The number of nitrogens with zero attached hydrogens (tertiary/aromatic N) is 4. The lowest BCUT2D eigenvalue weighted by atomic mass is 10.0. The number of pyridine rings is 1. The van der Waals surface area contributed by atoms with Crippen LogP contribution in [0.1, 0.15) is 12.1 Å². The smallest absolute Gasteiger partial charge is 0.378 e. The zero-order valence-corrected chi connectivity index (χ0v) is 13.9. The fourth-order valence-electron chi connectivity index (χ4n) is 3.24. The Balaban J connectivity index is 1.73. The molecule has 0 saturated carbocycles. The van der Waals surface area contributed by atoms with E-state index in [0.29, 0.717) is 38.5 Å². The minimum Gasteiger partial charge on any atom is -0.378 e. The second kappa shape index (κ2) is 6.48. The predicted octanol–water partition coefficient (Wildman–Crippen LogP) is 2.55. The quantitative estimate of drug-likeness (QED) is 0.814. The Morgan fingerprint density at radius 3 is 2.62 bits per heavy atom. The number of rotatable bonds is 2. The number of anilines is 1. The van der Waals surface area contributed by atoms with Gasteiger partial charge in [0.1, 0.15) is 11.4 Å². The van der Waals surface area contributed by atoms with Crippen LogP contribution in [0.5, 0.6) is 0 Å². The number of halogens is 3. The highest BCUT2D eigenvalue weighted by atomic mass is 19.4. The van der Waals surface area contributed by atoms with Crippen LogP contribution < -0.4 is 4.90 Å². The van der Waals surface area contributed by atoms with E-state index in [9.17, 15) is 13.2 Å². The molecule has 1 spiro atoms. The predicted molar refractivity (Wildman–Crippen MR) is 86.6 cm³/mol. The van der Waals surface area contributed by atoms with Crippen LogP contribution in [0.3, 0.4) is 0 Å². The molecule has 0 bridgehead atoms. The third-order valence-corrected chi connectivity index (χ3v) is 4.58. The Hall–Kier alpha value is -2.26. The molecule has 2 aliphatic heterocycles. The second-order valence-electron chi connectivity index (χ2n) is 6.42. The molecule has 1 unspecified atom stereocenters. The first-order valence-electron chi connectivity index (χ1n) is 8.29. The van der Waals surface area contributed by atoms with Gasteiger partial charge in [0.2, 0.25) is 0 Å². The first kappa shape index (κ1) is 17.2. The molecule has 6 nitrogen and oxygen atoms in total. The Morgan fingerprint density at radius 1 is 1.12 bits per heavy atom. The Kier molecular flexibility index (Phi) is 4.28. The molecule has 0 amide bonds. The SMILES string of the molecule is FC(F)(F)c1cc(N2CCOC3(CCOC3)C2)nc(-c2ccncc2)n1. The van der Waals surface area contributed by atoms with Gasteiger partial charge in [-0.25, -0.2) is 9.97 Å². The monoisotopic (exact) mass is 366 g/mol. The molecule has 2 aliphatic rings. The van der Waals surface area contributed by atoms with Crippen molar-refractivity contribution in [1.29, 1.82) is 0 Å². The van der Waals surface area contributed by atoms with Crippen LogP contribution in [0.15, 0.2) is 30.6 Å². The van der Waals surface area contributed by atoms with E-state index in [1.165, 1.54) is 12.4 Å². The molecule has 138 valence electrons. The third-order valence-electron chi connectivity index (χ3n) is 4.58. The van der Waals surface area contributed by atoms with Gasteiger partial charge < -0.3 is 14.4 Å². The third kappa shape index (κ3) is 3.36. The molecule has 26 heavy (non-hydrogen) atoms. The van der Waals surface area contributed by atoms with Crippen LogP contribution >= 0.6 is 0 Å². The zero-order chi connectivity index (χ0) is 18.2. The highest BCUT2D eigenvalue weighted by Crippen LogP contribution is 2.34. The summed E-state index contributed by atoms with van der Waals surface area (Å²) in [5, 5.41) is 0. The maximum Gasteiger partial charge on any atom is 0.433 e. The molecule has 2 aromatic heterocycles. The van der Waals surface area contributed by atoms with Gasteiger partial charge in [0.05, 0.1) is 19.8 Å². The lowest BCUT2D eigenvalue weighted by Gasteiger charge is -2.40. The summed E-state index contributed by atoms with van der Waals surface area (Å²) in [6.45, 7) is 2.36. The maximum absolute atomic E-state index is 13.4. The van der Waals surface area contributed by atoms with E-state index in [0.717, 1.165) is 12.5 Å². The van der Waals surface area contributed by atoms with Crippen LogP contribution in [0.25, 0.3) is 11.4 Å². The van der Waals surface area contributed by atoms with E-state index in [-0.39, 0.29) is 11.6 Å². The lowest BCUT2D eigenvalue weighted by Crippen LogP contribution is -2.52. The molecule has 0 aromatic carbocycles. The molecule has 1 atom stereocenters. The molecule has 0 aliphatic carbocycles. The normalized spacial score (nSPS) is 23.6. The van der Waals surface area contributed by atoms with E-state index in [1.807, 2.05) is 4.90 Å². The van der Waals surface area contributed by atoms with Gasteiger partial charge in [0.15, 0.2) is 11.5 Å². The number of alkyl halides is 3. The molecule has 2 aromatic rings. The number of morpholine rings is 1. The fourth-order valence-corrected chi connectivity index (χ4v) is 3.24. The largest absolute Gasteiger partial charge is 0.433 e. The van der Waals surface area contributed by atoms with E-state index in [2.05, 4.69) is 15.0 Å². The maximum atomic E-state index is 13.4. The van der Waals surface area contributed by atoms with E-state index >= 15 is 0 Å². The van der Waals surface area contributed by atoms with Gasteiger partial charge >= 0.3 is 6.18 Å². The first-order valence-corrected chi connectivity index (χ1v) is 8.29. The highest BCUT2D eigenvalue weighted by Gasteiger charge is 2.41. The molecule has 4 heterocycles. The Bertz CT molecular complexity index is 779. The van der Waals surface area contributed by atoms with Crippen molar-refractivity contribution in [3.63, 3.8) is 0 Å². The Labute approximate surface area is 148 Å². The van der Waals surface area contributed by atoms with E-state index in [1.54, 1.807) is 12.1 Å². The molecular formula is C17H17F3N4O2. The van der Waals surface area contributed by atoms with Gasteiger partial charge in [0.25, 0.3) is 0 Å². The first-order chi connectivity index (χ1) is 12.5. The van der Waals surface area contributed by atoms with Crippen molar-refractivity contribution in [3.05, 3.63) is 36.3 Å². The Morgan fingerprint density at radius 2 is 1.92 bits per heavy atom. The molecular weight excluding hydrogens is 349 g/mol. The van der Waals surface area contributed by atoms with Crippen molar-refractivity contribution >= 4 is 5.82 Å². The molecule has 0 N–H and O–H groups in total. The van der Waals surface area contributed by atoms with Crippen molar-refractivity contribution in [2.75, 3.05) is 37.8 Å². The molecule has 0 radical (unpaired) electrons. The summed E-state index contributed by atoms with van der Waals surface area (Å²) in [4.78, 5) is 13.8. The number of ether oxygens (including phenoxy) is 2. The lowest BCUT2D eigenvalue weighted by molar-refractivity contribution is -0.141. The number of hydrogen-bond donors (Lipinski definition) is 0. The van der Waals surface area contributed by atoms with Crippen molar-refractivity contribution in [3.8, 4) is 11.4 Å². The van der Waals surface area contributed by atoms with Crippen LogP contribution in [0, 0.1) is 0 Å². The summed E-state index contributed by atoms with van der Waals surface area (Å²) >= 11 is 0. The van der Waals surface area contributed by atoms with Crippen LogP contribution in [0.4, 0.5) is 19.0 Å². The van der Waals surface area contributed by atoms with Gasteiger partial charge in [-0.2, -0.15) is 13.2 Å². The van der Waals surface area contributed by atoms with Crippen LogP contribution in [-0.4, -0.2) is 53.5 Å².